The van der Waals surface area contributed by atoms with Crippen molar-refractivity contribution in [3.8, 4) is 0 Å². The van der Waals surface area contributed by atoms with E-state index in [0.717, 1.165) is 0 Å². The average molecular weight is 359 g/mol. The molecule has 0 radical (unpaired) electrons. The smallest absolute Gasteiger partial charge is 0.305 e. The highest BCUT2D eigenvalue weighted by molar-refractivity contribution is 6.44. The van der Waals surface area contributed by atoms with Crippen LogP contribution in [0.15, 0.2) is 18.2 Å². The van der Waals surface area contributed by atoms with E-state index in [1.807, 2.05) is 0 Å². The molecule has 1 unspecified atom stereocenters. The summed E-state index contributed by atoms with van der Waals surface area (Å²) in [6, 6.07) is 4.77. The van der Waals surface area contributed by atoms with Gasteiger partial charge in [-0.3, -0.25) is 14.4 Å². The van der Waals surface area contributed by atoms with Gasteiger partial charge in [0.15, 0.2) is 5.78 Å². The fourth-order valence-corrected chi connectivity index (χ4v) is 2.65. The number of Topliss-reactive ketones (excluding diaryl/α,β-unsaturated/α-hetero) is 2. The van der Waals surface area contributed by atoms with Crippen molar-refractivity contribution in [1.82, 2.24) is 0 Å². The Hall–Kier alpha value is -1.39. The maximum Gasteiger partial charge on any atom is 0.305 e. The molecular weight excluding hydrogens is 339 g/mol. The van der Waals surface area contributed by atoms with Crippen molar-refractivity contribution in [2.24, 2.45) is 5.92 Å². The number of esters is 1. The molecule has 0 saturated carbocycles. The number of halogens is 2. The standard InChI is InChI=1S/C17H20Cl2O4/c1-3-23-15(21)10-5-4-7-12(11(2)20)17(22)13-8-6-9-14(18)16(13)19/h6,8-9,12H,3-5,7,10H2,1-2H3. The minimum absolute atomic E-state index is 0.164. The number of unbranched alkanes of at least 4 members (excludes halogenated alkanes) is 1. The molecule has 1 aromatic carbocycles. The average Bonchev–Trinajstić information content (AvgIpc) is 2.49. The van der Waals surface area contributed by atoms with Crippen LogP contribution in [0.5, 0.6) is 0 Å². The lowest BCUT2D eigenvalue weighted by molar-refractivity contribution is -0.143. The van der Waals surface area contributed by atoms with Crippen molar-refractivity contribution in [2.75, 3.05) is 6.61 Å². The van der Waals surface area contributed by atoms with Gasteiger partial charge in [0.25, 0.3) is 0 Å². The molecule has 0 aliphatic carbocycles. The highest BCUT2D eigenvalue weighted by Crippen LogP contribution is 2.28. The topological polar surface area (TPSA) is 60.4 Å². The SMILES string of the molecule is CCOC(=O)CCCCC(C(C)=O)C(=O)c1cccc(Cl)c1Cl. The van der Waals surface area contributed by atoms with Crippen LogP contribution in [0.1, 0.15) is 49.9 Å². The molecule has 0 fully saturated rings. The summed E-state index contributed by atoms with van der Waals surface area (Å²) in [4.78, 5) is 35.6. The second-order valence-corrected chi connectivity index (χ2v) is 5.96. The van der Waals surface area contributed by atoms with Gasteiger partial charge in [-0.1, -0.05) is 35.7 Å². The van der Waals surface area contributed by atoms with Gasteiger partial charge in [-0.15, -0.1) is 0 Å². The van der Waals surface area contributed by atoms with E-state index in [9.17, 15) is 14.4 Å². The van der Waals surface area contributed by atoms with E-state index < -0.39 is 5.92 Å². The van der Waals surface area contributed by atoms with Crippen LogP contribution in [0.4, 0.5) is 0 Å². The van der Waals surface area contributed by atoms with Crippen LogP contribution < -0.4 is 0 Å². The van der Waals surface area contributed by atoms with Crippen LogP contribution in [0.25, 0.3) is 0 Å². The molecule has 0 N–H and O–H groups in total. The zero-order chi connectivity index (χ0) is 17.4. The first-order valence-electron chi connectivity index (χ1n) is 7.52. The minimum atomic E-state index is -0.770. The fourth-order valence-electron chi connectivity index (χ4n) is 2.25. The molecule has 0 heterocycles. The number of ketones is 2. The highest BCUT2D eigenvalue weighted by Gasteiger charge is 2.26. The summed E-state index contributed by atoms with van der Waals surface area (Å²) in [5, 5.41) is 0.444. The lowest BCUT2D eigenvalue weighted by Gasteiger charge is -2.14. The van der Waals surface area contributed by atoms with Crippen molar-refractivity contribution in [3.05, 3.63) is 33.8 Å². The van der Waals surface area contributed by atoms with E-state index in [1.165, 1.54) is 6.92 Å². The third-order valence-electron chi connectivity index (χ3n) is 3.45. The maximum absolute atomic E-state index is 12.5. The van der Waals surface area contributed by atoms with E-state index in [0.29, 0.717) is 25.9 Å². The van der Waals surface area contributed by atoms with Crippen LogP contribution in [0, 0.1) is 5.92 Å². The van der Waals surface area contributed by atoms with Gasteiger partial charge < -0.3 is 4.74 Å². The van der Waals surface area contributed by atoms with Crippen molar-refractivity contribution >= 4 is 40.7 Å². The molecule has 0 aliphatic rings. The molecule has 126 valence electrons. The van der Waals surface area contributed by atoms with Crippen LogP contribution in [-0.4, -0.2) is 24.1 Å². The zero-order valence-corrected chi connectivity index (χ0v) is 14.7. The number of ether oxygens (including phenoxy) is 1. The Morgan fingerprint density at radius 2 is 1.87 bits per heavy atom. The van der Waals surface area contributed by atoms with E-state index >= 15 is 0 Å². The molecule has 0 bridgehead atoms. The van der Waals surface area contributed by atoms with Gasteiger partial charge in [0, 0.05) is 12.0 Å². The quantitative estimate of drug-likeness (QED) is 0.282. The number of hydrogen-bond acceptors (Lipinski definition) is 4. The Morgan fingerprint density at radius 3 is 2.48 bits per heavy atom. The molecule has 0 saturated heterocycles. The summed E-state index contributed by atoms with van der Waals surface area (Å²) in [5.41, 5.74) is 0.254. The summed E-state index contributed by atoms with van der Waals surface area (Å²) in [6.45, 7) is 3.48. The van der Waals surface area contributed by atoms with Gasteiger partial charge in [-0.25, -0.2) is 0 Å². The third kappa shape index (κ3) is 5.96. The molecule has 1 aromatic rings. The molecule has 23 heavy (non-hydrogen) atoms. The number of hydrogen-bond donors (Lipinski definition) is 0. The lowest BCUT2D eigenvalue weighted by Crippen LogP contribution is -2.22. The Balaban J connectivity index is 2.68. The van der Waals surface area contributed by atoms with Gasteiger partial charge in [0.1, 0.15) is 5.78 Å². The first-order chi connectivity index (χ1) is 10.9. The normalized spacial score (nSPS) is 11.8. The van der Waals surface area contributed by atoms with E-state index in [-0.39, 0.29) is 39.6 Å². The van der Waals surface area contributed by atoms with Crippen molar-refractivity contribution in [2.45, 2.75) is 39.5 Å². The largest absolute Gasteiger partial charge is 0.466 e. The Morgan fingerprint density at radius 1 is 1.17 bits per heavy atom. The maximum atomic E-state index is 12.5. The Labute approximate surface area is 146 Å². The molecule has 1 atom stereocenters. The van der Waals surface area contributed by atoms with Crippen LogP contribution in [0.2, 0.25) is 10.0 Å². The summed E-state index contributed by atoms with van der Waals surface area (Å²) >= 11 is 12.0. The monoisotopic (exact) mass is 358 g/mol. The minimum Gasteiger partial charge on any atom is -0.466 e. The van der Waals surface area contributed by atoms with E-state index in [4.69, 9.17) is 27.9 Å². The molecule has 1 rings (SSSR count). The molecule has 0 aromatic heterocycles. The fraction of sp³-hybridized carbons (Fsp3) is 0.471. The number of benzene rings is 1. The van der Waals surface area contributed by atoms with Crippen LogP contribution >= 0.6 is 23.2 Å². The summed E-state index contributed by atoms with van der Waals surface area (Å²) in [7, 11) is 0. The highest BCUT2D eigenvalue weighted by atomic mass is 35.5. The molecule has 4 nitrogen and oxygen atoms in total. The number of carbonyl (C=O) groups is 3. The van der Waals surface area contributed by atoms with Gasteiger partial charge in [-0.2, -0.15) is 0 Å². The summed E-state index contributed by atoms with van der Waals surface area (Å²) in [5.74, 6) is -1.59. The van der Waals surface area contributed by atoms with Gasteiger partial charge in [0.05, 0.1) is 22.6 Å². The number of carbonyl (C=O) groups excluding carboxylic acids is 3. The first kappa shape index (κ1) is 19.7. The van der Waals surface area contributed by atoms with Crippen molar-refractivity contribution < 1.29 is 19.1 Å². The predicted molar refractivity (Wildman–Crippen MR) is 90.1 cm³/mol. The number of rotatable bonds is 9. The summed E-state index contributed by atoms with van der Waals surface area (Å²) in [6.07, 6.45) is 1.80. The van der Waals surface area contributed by atoms with Crippen molar-refractivity contribution in [3.63, 3.8) is 0 Å². The predicted octanol–water partition coefficient (Wildman–Crippen LogP) is 4.50. The Kier molecular flexibility index (Phi) is 8.28. The van der Waals surface area contributed by atoms with Crippen molar-refractivity contribution in [1.29, 1.82) is 0 Å². The third-order valence-corrected chi connectivity index (χ3v) is 4.27. The molecule has 0 spiro atoms. The van der Waals surface area contributed by atoms with Gasteiger partial charge in [-0.05, 0) is 38.8 Å². The lowest BCUT2D eigenvalue weighted by atomic mass is 9.89. The molecule has 6 heteroatoms. The second-order valence-electron chi connectivity index (χ2n) is 5.18. The van der Waals surface area contributed by atoms with Gasteiger partial charge in [0.2, 0.25) is 0 Å². The summed E-state index contributed by atoms with van der Waals surface area (Å²) < 4.78 is 4.84. The molecular formula is C17H20Cl2O4. The first-order valence-corrected chi connectivity index (χ1v) is 8.28. The van der Waals surface area contributed by atoms with Gasteiger partial charge >= 0.3 is 5.97 Å². The van der Waals surface area contributed by atoms with Crippen LogP contribution in [-0.2, 0) is 14.3 Å². The van der Waals surface area contributed by atoms with E-state index in [2.05, 4.69) is 0 Å². The molecule has 0 amide bonds. The molecule has 0 aliphatic heterocycles. The second kappa shape index (κ2) is 9.68. The van der Waals surface area contributed by atoms with E-state index in [1.54, 1.807) is 25.1 Å². The zero-order valence-electron chi connectivity index (χ0n) is 13.2. The van der Waals surface area contributed by atoms with Crippen LogP contribution in [0.3, 0.4) is 0 Å². The Bertz CT molecular complexity index is 584.